The summed E-state index contributed by atoms with van der Waals surface area (Å²) in [6.07, 6.45) is 8.53. The minimum Gasteiger partial charge on any atom is -0.468 e. The number of pyridine rings is 1. The van der Waals surface area contributed by atoms with Crippen molar-refractivity contribution in [2.75, 3.05) is 38.0 Å². The van der Waals surface area contributed by atoms with E-state index in [2.05, 4.69) is 15.2 Å². The monoisotopic (exact) mass is 404 g/mol. The quantitative estimate of drug-likeness (QED) is 0.764. The van der Waals surface area contributed by atoms with Gasteiger partial charge in [0.05, 0.1) is 12.3 Å². The number of piperidine rings is 1. The van der Waals surface area contributed by atoms with E-state index < -0.39 is 10.0 Å². The zero-order valence-electron chi connectivity index (χ0n) is 16.1. The number of anilines is 1. The number of nitrogens with zero attached hydrogens (tertiary/aromatic N) is 3. The topological polar surface area (TPSA) is 78.7 Å². The Kier molecular flexibility index (Phi) is 5.99. The normalized spacial score (nSPS) is 20.3. The molecule has 4 rings (SSSR count). The van der Waals surface area contributed by atoms with E-state index in [1.54, 1.807) is 22.7 Å². The fraction of sp³-hybridized carbons (Fsp3) is 0.550. The molecule has 152 valence electrons. The zero-order chi connectivity index (χ0) is 19.4. The van der Waals surface area contributed by atoms with Gasteiger partial charge in [0.25, 0.3) is 0 Å². The molecule has 0 aromatic carbocycles. The standard InChI is InChI=1S/C20H28N4O3S/c25-28(26,24-12-2-1-3-13-24)17-8-9-20(21-15-17)22-16-18(19-7-6-14-27-19)23-10-4-5-11-23/h6-9,14-15,18H,1-5,10-13,16H2,(H,21,22). The molecule has 2 aliphatic rings. The van der Waals surface area contributed by atoms with Crippen molar-refractivity contribution in [2.24, 2.45) is 0 Å². The largest absolute Gasteiger partial charge is 0.468 e. The van der Waals surface area contributed by atoms with Gasteiger partial charge in [-0.3, -0.25) is 4.90 Å². The van der Waals surface area contributed by atoms with Crippen LogP contribution in [-0.4, -0.2) is 55.3 Å². The van der Waals surface area contributed by atoms with Gasteiger partial charge < -0.3 is 9.73 Å². The minimum atomic E-state index is -3.44. The van der Waals surface area contributed by atoms with Crippen molar-refractivity contribution in [3.8, 4) is 0 Å². The van der Waals surface area contributed by atoms with E-state index >= 15 is 0 Å². The maximum atomic E-state index is 12.7. The van der Waals surface area contributed by atoms with Crippen LogP contribution in [0.15, 0.2) is 46.0 Å². The molecule has 2 fully saturated rings. The van der Waals surface area contributed by atoms with E-state index in [9.17, 15) is 8.42 Å². The molecule has 2 aliphatic heterocycles. The lowest BCUT2D eigenvalue weighted by Crippen LogP contribution is -2.35. The van der Waals surface area contributed by atoms with Crippen molar-refractivity contribution in [1.29, 1.82) is 0 Å². The van der Waals surface area contributed by atoms with Crippen molar-refractivity contribution in [3.05, 3.63) is 42.5 Å². The molecule has 0 bridgehead atoms. The van der Waals surface area contributed by atoms with Gasteiger partial charge in [0.15, 0.2) is 0 Å². The Morgan fingerprint density at radius 3 is 2.43 bits per heavy atom. The van der Waals surface area contributed by atoms with Crippen LogP contribution in [0.1, 0.15) is 43.9 Å². The molecule has 0 saturated carbocycles. The van der Waals surface area contributed by atoms with E-state index in [1.165, 1.54) is 19.0 Å². The summed E-state index contributed by atoms with van der Waals surface area (Å²) in [5.41, 5.74) is 0. The van der Waals surface area contributed by atoms with Gasteiger partial charge in [0, 0.05) is 25.8 Å². The summed E-state index contributed by atoms with van der Waals surface area (Å²) in [4.78, 5) is 7.04. The first-order valence-corrected chi connectivity index (χ1v) is 11.6. The van der Waals surface area contributed by atoms with E-state index in [4.69, 9.17) is 4.42 Å². The zero-order valence-corrected chi connectivity index (χ0v) is 16.9. The first kappa shape index (κ1) is 19.4. The third kappa shape index (κ3) is 4.24. The van der Waals surface area contributed by atoms with Gasteiger partial charge in [-0.15, -0.1) is 0 Å². The Morgan fingerprint density at radius 2 is 1.79 bits per heavy atom. The maximum Gasteiger partial charge on any atom is 0.244 e. The van der Waals surface area contributed by atoms with Crippen LogP contribution in [0.4, 0.5) is 5.82 Å². The molecule has 2 aromatic rings. The van der Waals surface area contributed by atoms with Crippen molar-refractivity contribution in [2.45, 2.75) is 43.0 Å². The Labute approximate surface area is 166 Å². The molecule has 2 saturated heterocycles. The molecule has 2 aromatic heterocycles. The fourth-order valence-electron chi connectivity index (χ4n) is 4.04. The third-order valence-electron chi connectivity index (χ3n) is 5.62. The van der Waals surface area contributed by atoms with Gasteiger partial charge >= 0.3 is 0 Å². The van der Waals surface area contributed by atoms with Gasteiger partial charge in [-0.25, -0.2) is 13.4 Å². The molecule has 1 atom stereocenters. The number of hydrogen-bond acceptors (Lipinski definition) is 6. The Morgan fingerprint density at radius 1 is 1.04 bits per heavy atom. The van der Waals surface area contributed by atoms with Crippen molar-refractivity contribution in [3.63, 3.8) is 0 Å². The van der Waals surface area contributed by atoms with E-state index in [0.29, 0.717) is 25.5 Å². The second kappa shape index (κ2) is 8.63. The van der Waals surface area contributed by atoms with Crippen LogP contribution in [0, 0.1) is 0 Å². The number of rotatable bonds is 7. The number of hydrogen-bond donors (Lipinski definition) is 1. The molecule has 28 heavy (non-hydrogen) atoms. The fourth-order valence-corrected chi connectivity index (χ4v) is 5.50. The minimum absolute atomic E-state index is 0.149. The highest BCUT2D eigenvalue weighted by Gasteiger charge is 2.27. The van der Waals surface area contributed by atoms with Gasteiger partial charge in [-0.1, -0.05) is 6.42 Å². The number of nitrogens with one attached hydrogen (secondary N) is 1. The van der Waals surface area contributed by atoms with E-state index in [0.717, 1.165) is 38.1 Å². The number of likely N-dealkylation sites (tertiary alicyclic amines) is 1. The summed E-state index contributed by atoms with van der Waals surface area (Å²) in [5.74, 6) is 1.62. The Balaban J connectivity index is 1.42. The molecule has 0 radical (unpaired) electrons. The molecular formula is C20H28N4O3S. The summed E-state index contributed by atoms with van der Waals surface area (Å²) in [6.45, 7) is 3.99. The van der Waals surface area contributed by atoms with Crippen LogP contribution in [0.25, 0.3) is 0 Å². The predicted molar refractivity (Wildman–Crippen MR) is 108 cm³/mol. The van der Waals surface area contributed by atoms with Gasteiger partial charge in [-0.05, 0) is 63.0 Å². The molecule has 0 spiro atoms. The molecule has 4 heterocycles. The van der Waals surface area contributed by atoms with Crippen LogP contribution in [0.2, 0.25) is 0 Å². The molecule has 0 aliphatic carbocycles. The number of sulfonamides is 1. The number of aromatic nitrogens is 1. The lowest BCUT2D eigenvalue weighted by atomic mass is 10.2. The Hall–Kier alpha value is -1.90. The van der Waals surface area contributed by atoms with Crippen LogP contribution >= 0.6 is 0 Å². The smallest absolute Gasteiger partial charge is 0.244 e. The molecule has 7 nitrogen and oxygen atoms in total. The molecule has 0 amide bonds. The molecule has 8 heteroatoms. The Bertz CT molecular complexity index is 840. The second-order valence-electron chi connectivity index (χ2n) is 7.50. The van der Waals surface area contributed by atoms with Crippen molar-refractivity contribution in [1.82, 2.24) is 14.2 Å². The SMILES string of the molecule is O=S(=O)(c1ccc(NCC(c2ccco2)N2CCCC2)nc1)N1CCCCC1. The summed E-state index contributed by atoms with van der Waals surface area (Å²) in [5, 5.41) is 3.35. The van der Waals surface area contributed by atoms with Gasteiger partial charge in [0.2, 0.25) is 10.0 Å². The van der Waals surface area contributed by atoms with Crippen molar-refractivity contribution >= 4 is 15.8 Å². The highest BCUT2D eigenvalue weighted by molar-refractivity contribution is 7.89. The summed E-state index contributed by atoms with van der Waals surface area (Å²) in [7, 11) is -3.44. The van der Waals surface area contributed by atoms with Crippen LogP contribution in [0.3, 0.4) is 0 Å². The van der Waals surface area contributed by atoms with Crippen LogP contribution in [-0.2, 0) is 10.0 Å². The second-order valence-corrected chi connectivity index (χ2v) is 9.44. The lowest BCUT2D eigenvalue weighted by molar-refractivity contribution is 0.225. The summed E-state index contributed by atoms with van der Waals surface area (Å²) >= 11 is 0. The highest BCUT2D eigenvalue weighted by Crippen LogP contribution is 2.26. The summed E-state index contributed by atoms with van der Waals surface area (Å²) in [6, 6.07) is 7.47. The molecule has 1 unspecified atom stereocenters. The van der Waals surface area contributed by atoms with Crippen molar-refractivity contribution < 1.29 is 12.8 Å². The number of furan rings is 1. The average molecular weight is 405 g/mol. The van der Waals surface area contributed by atoms with E-state index in [-0.39, 0.29) is 10.9 Å². The summed E-state index contributed by atoms with van der Waals surface area (Å²) < 4.78 is 32.7. The molecular weight excluding hydrogens is 376 g/mol. The van der Waals surface area contributed by atoms with Crippen LogP contribution in [0.5, 0.6) is 0 Å². The lowest BCUT2D eigenvalue weighted by Gasteiger charge is -2.26. The third-order valence-corrected chi connectivity index (χ3v) is 7.50. The molecule has 1 N–H and O–H groups in total. The first-order valence-electron chi connectivity index (χ1n) is 10.1. The first-order chi connectivity index (χ1) is 13.6. The van der Waals surface area contributed by atoms with Gasteiger partial charge in [-0.2, -0.15) is 4.31 Å². The highest BCUT2D eigenvalue weighted by atomic mass is 32.2. The van der Waals surface area contributed by atoms with Gasteiger partial charge in [0.1, 0.15) is 16.5 Å². The maximum absolute atomic E-state index is 12.7. The predicted octanol–water partition coefficient (Wildman–Crippen LogP) is 3.10. The average Bonchev–Trinajstić information content (AvgIpc) is 3.44. The van der Waals surface area contributed by atoms with Crippen LogP contribution < -0.4 is 5.32 Å². The van der Waals surface area contributed by atoms with E-state index in [1.807, 2.05) is 12.1 Å².